The largest absolute Gasteiger partial charge is 0.493 e. The van der Waals surface area contributed by atoms with Crippen molar-refractivity contribution in [2.24, 2.45) is 5.10 Å². The van der Waals surface area contributed by atoms with Gasteiger partial charge in [0.25, 0.3) is 0 Å². The predicted molar refractivity (Wildman–Crippen MR) is 105 cm³/mol. The number of hydrogen-bond donors (Lipinski definition) is 1. The molecule has 26 heavy (non-hydrogen) atoms. The molecule has 0 saturated heterocycles. The van der Waals surface area contributed by atoms with Gasteiger partial charge in [-0.15, -0.1) is 0 Å². The van der Waals surface area contributed by atoms with Gasteiger partial charge in [-0.25, -0.2) is 5.10 Å². The number of aromatic amines is 1. The number of ether oxygens (including phenoxy) is 2. The minimum atomic E-state index is 0.392. The molecule has 1 heterocycles. The van der Waals surface area contributed by atoms with E-state index in [0.29, 0.717) is 27.1 Å². The zero-order chi connectivity index (χ0) is 18.7. The van der Waals surface area contributed by atoms with Gasteiger partial charge in [0.15, 0.2) is 17.3 Å². The molecule has 0 atom stereocenters. The highest BCUT2D eigenvalue weighted by Gasteiger charge is 2.11. The molecule has 3 aromatic rings. The fourth-order valence-electron chi connectivity index (χ4n) is 2.43. The van der Waals surface area contributed by atoms with Gasteiger partial charge in [0, 0.05) is 5.56 Å². The van der Waals surface area contributed by atoms with Crippen molar-refractivity contribution in [2.75, 3.05) is 14.2 Å². The van der Waals surface area contributed by atoms with E-state index in [2.05, 4.69) is 15.3 Å². The first-order valence-electron chi connectivity index (χ1n) is 7.74. The van der Waals surface area contributed by atoms with Crippen LogP contribution in [0.3, 0.4) is 0 Å². The number of aromatic nitrogens is 3. The maximum atomic E-state index is 6.23. The molecule has 0 spiro atoms. The number of halogens is 1. The summed E-state index contributed by atoms with van der Waals surface area (Å²) in [6, 6.07) is 11.5. The third kappa shape index (κ3) is 3.63. The van der Waals surface area contributed by atoms with E-state index in [1.807, 2.05) is 31.2 Å². The van der Waals surface area contributed by atoms with Crippen LogP contribution in [-0.2, 0) is 0 Å². The lowest BCUT2D eigenvalue weighted by Crippen LogP contribution is -1.97. The number of hydrogen-bond acceptors (Lipinski definition) is 5. The summed E-state index contributed by atoms with van der Waals surface area (Å²) in [7, 11) is 3.09. The Kier molecular flexibility index (Phi) is 5.39. The molecule has 3 rings (SSSR count). The first-order valence-corrected chi connectivity index (χ1v) is 8.52. The van der Waals surface area contributed by atoms with E-state index >= 15 is 0 Å². The van der Waals surface area contributed by atoms with Gasteiger partial charge in [0.1, 0.15) is 0 Å². The highest BCUT2D eigenvalue weighted by molar-refractivity contribution is 7.71. The monoisotopic (exact) mass is 388 g/mol. The molecule has 0 radical (unpaired) electrons. The van der Waals surface area contributed by atoms with Crippen molar-refractivity contribution < 1.29 is 9.47 Å². The summed E-state index contributed by atoms with van der Waals surface area (Å²) in [6.07, 6.45) is 1.64. The molecule has 2 aromatic carbocycles. The number of rotatable bonds is 5. The van der Waals surface area contributed by atoms with Gasteiger partial charge in [0.05, 0.1) is 25.5 Å². The normalized spacial score (nSPS) is 11.1. The van der Waals surface area contributed by atoms with Crippen molar-refractivity contribution in [1.82, 2.24) is 14.9 Å². The number of nitrogens with one attached hydrogen (secondary N) is 1. The zero-order valence-corrected chi connectivity index (χ0v) is 16.1. The number of benzene rings is 2. The summed E-state index contributed by atoms with van der Waals surface area (Å²) < 4.78 is 12.5. The van der Waals surface area contributed by atoms with E-state index in [-0.39, 0.29) is 0 Å². The highest BCUT2D eigenvalue weighted by Crippen LogP contribution is 2.35. The minimum Gasteiger partial charge on any atom is -0.493 e. The Bertz CT molecular complexity index is 1010. The Hall–Kier alpha value is -2.64. The SMILES string of the molecule is COc1cc(/C=N/n2c(-c3ccc(C)cc3)n[nH]c2=S)cc(Cl)c1OC. The van der Waals surface area contributed by atoms with E-state index in [4.69, 9.17) is 33.3 Å². The Morgan fingerprint density at radius 1 is 1.19 bits per heavy atom. The maximum absolute atomic E-state index is 6.23. The van der Waals surface area contributed by atoms with Crippen LogP contribution in [0.2, 0.25) is 5.02 Å². The Morgan fingerprint density at radius 2 is 1.92 bits per heavy atom. The van der Waals surface area contributed by atoms with E-state index in [0.717, 1.165) is 16.7 Å². The molecule has 6 nitrogen and oxygen atoms in total. The lowest BCUT2D eigenvalue weighted by molar-refractivity contribution is 0.355. The number of aryl methyl sites for hydroxylation is 1. The molecule has 0 aliphatic heterocycles. The summed E-state index contributed by atoms with van der Waals surface area (Å²) in [6.45, 7) is 2.03. The molecule has 1 N–H and O–H groups in total. The van der Waals surface area contributed by atoms with E-state index < -0.39 is 0 Å². The van der Waals surface area contributed by atoms with Gasteiger partial charge in [-0.3, -0.25) is 0 Å². The zero-order valence-electron chi connectivity index (χ0n) is 14.5. The topological polar surface area (TPSA) is 64.4 Å². The van der Waals surface area contributed by atoms with Crippen molar-refractivity contribution in [3.05, 3.63) is 57.3 Å². The minimum absolute atomic E-state index is 0.392. The summed E-state index contributed by atoms with van der Waals surface area (Å²) in [5.41, 5.74) is 2.81. The van der Waals surface area contributed by atoms with Crippen LogP contribution in [0.25, 0.3) is 11.4 Å². The molecule has 0 unspecified atom stereocenters. The van der Waals surface area contributed by atoms with E-state index in [9.17, 15) is 0 Å². The van der Waals surface area contributed by atoms with Crippen molar-refractivity contribution in [3.63, 3.8) is 0 Å². The summed E-state index contributed by atoms with van der Waals surface area (Å²) in [4.78, 5) is 0. The van der Waals surface area contributed by atoms with Crippen LogP contribution in [0.5, 0.6) is 11.5 Å². The van der Waals surface area contributed by atoms with Gasteiger partial charge >= 0.3 is 0 Å². The van der Waals surface area contributed by atoms with E-state index in [1.54, 1.807) is 30.1 Å². The van der Waals surface area contributed by atoms with Crippen LogP contribution in [-0.4, -0.2) is 35.3 Å². The fourth-order valence-corrected chi connectivity index (χ4v) is 2.90. The molecule has 134 valence electrons. The second-order valence-corrected chi connectivity index (χ2v) is 6.31. The smallest absolute Gasteiger partial charge is 0.216 e. The van der Waals surface area contributed by atoms with Gasteiger partial charge in [0.2, 0.25) is 4.77 Å². The molecule has 0 saturated carbocycles. The van der Waals surface area contributed by atoms with Crippen LogP contribution in [0.15, 0.2) is 41.5 Å². The fraction of sp³-hybridized carbons (Fsp3) is 0.167. The quantitative estimate of drug-likeness (QED) is 0.517. The molecule has 0 amide bonds. The average Bonchev–Trinajstić information content (AvgIpc) is 3.00. The molecular weight excluding hydrogens is 372 g/mol. The molecule has 8 heteroatoms. The van der Waals surface area contributed by atoms with Crippen LogP contribution in [0, 0.1) is 11.7 Å². The van der Waals surface area contributed by atoms with Crippen LogP contribution < -0.4 is 9.47 Å². The predicted octanol–water partition coefficient (Wildman–Crippen LogP) is 4.47. The molecular formula is C18H17ClN4O2S. The number of methoxy groups -OCH3 is 2. The third-order valence-corrected chi connectivity index (χ3v) is 4.28. The van der Waals surface area contributed by atoms with Crippen LogP contribution in [0.4, 0.5) is 0 Å². The summed E-state index contributed by atoms with van der Waals surface area (Å²) >= 11 is 11.5. The van der Waals surface area contributed by atoms with Crippen molar-refractivity contribution in [3.8, 4) is 22.9 Å². The lowest BCUT2D eigenvalue weighted by atomic mass is 10.1. The molecule has 0 aliphatic rings. The second kappa shape index (κ2) is 7.72. The molecule has 0 bridgehead atoms. The summed E-state index contributed by atoms with van der Waals surface area (Å²) in [5, 5.41) is 11.9. The third-order valence-electron chi connectivity index (χ3n) is 3.74. The van der Waals surface area contributed by atoms with E-state index in [1.165, 1.54) is 7.11 Å². The van der Waals surface area contributed by atoms with Crippen molar-refractivity contribution >= 4 is 30.0 Å². The van der Waals surface area contributed by atoms with Crippen molar-refractivity contribution in [1.29, 1.82) is 0 Å². The van der Waals surface area contributed by atoms with Crippen LogP contribution in [0.1, 0.15) is 11.1 Å². The molecule has 1 aromatic heterocycles. The standard InChI is InChI=1S/C18H17ClN4O2S/c1-11-4-6-13(7-5-11)17-21-22-18(26)23(17)20-10-12-8-14(19)16(25-3)15(9-12)24-2/h4-10H,1-3H3,(H,22,26)/b20-10+. The number of H-pyrrole nitrogens is 1. The lowest BCUT2D eigenvalue weighted by Gasteiger charge is -2.10. The Labute approximate surface area is 161 Å². The van der Waals surface area contributed by atoms with Gasteiger partial charge in [-0.1, -0.05) is 41.4 Å². The summed E-state index contributed by atoms with van der Waals surface area (Å²) in [5.74, 6) is 1.63. The van der Waals surface area contributed by atoms with Gasteiger partial charge in [-0.2, -0.15) is 14.9 Å². The average molecular weight is 389 g/mol. The van der Waals surface area contributed by atoms with Gasteiger partial charge < -0.3 is 9.47 Å². The van der Waals surface area contributed by atoms with Crippen LogP contribution >= 0.6 is 23.8 Å². The molecule has 0 fully saturated rings. The number of nitrogens with zero attached hydrogens (tertiary/aromatic N) is 3. The molecule has 0 aliphatic carbocycles. The first kappa shape index (κ1) is 18.2. The van der Waals surface area contributed by atoms with Gasteiger partial charge in [-0.05, 0) is 36.8 Å². The highest BCUT2D eigenvalue weighted by atomic mass is 35.5. The second-order valence-electron chi connectivity index (χ2n) is 5.51. The van der Waals surface area contributed by atoms with Crippen molar-refractivity contribution in [2.45, 2.75) is 6.92 Å². The first-order chi connectivity index (χ1) is 12.5. The Balaban J connectivity index is 2.00. The maximum Gasteiger partial charge on any atom is 0.216 e. The Morgan fingerprint density at radius 3 is 2.58 bits per heavy atom.